The molecule has 0 N–H and O–H groups in total. The summed E-state index contributed by atoms with van der Waals surface area (Å²) in [5.41, 5.74) is 0.459. The molecule has 0 aromatic rings. The monoisotopic (exact) mass is 194 g/mol. The van der Waals surface area contributed by atoms with Gasteiger partial charge in [0.25, 0.3) is 0 Å². The van der Waals surface area contributed by atoms with E-state index < -0.39 is 0 Å². The van der Waals surface area contributed by atoms with E-state index in [9.17, 15) is 4.79 Å². The van der Waals surface area contributed by atoms with Crippen molar-refractivity contribution in [3.8, 4) is 0 Å². The molecule has 14 heavy (non-hydrogen) atoms. The second kappa shape index (κ2) is 7.54. The summed E-state index contributed by atoms with van der Waals surface area (Å²) in [5.74, 6) is 0. The molecule has 0 aliphatic carbocycles. The summed E-state index contributed by atoms with van der Waals surface area (Å²) in [6, 6.07) is 0. The topological polar surface area (TPSA) is 17.1 Å². The highest BCUT2D eigenvalue weighted by atomic mass is 16.1. The summed E-state index contributed by atoms with van der Waals surface area (Å²) in [6.45, 7) is 6.82. The van der Waals surface area contributed by atoms with E-state index in [0.29, 0.717) is 5.41 Å². The van der Waals surface area contributed by atoms with Crippen LogP contribution in [-0.4, -0.2) is 6.29 Å². The van der Waals surface area contributed by atoms with Gasteiger partial charge in [-0.2, -0.15) is 0 Å². The van der Waals surface area contributed by atoms with Crippen molar-refractivity contribution in [1.29, 1.82) is 0 Å². The van der Waals surface area contributed by atoms with Crippen LogP contribution < -0.4 is 0 Å². The van der Waals surface area contributed by atoms with Crippen LogP contribution >= 0.6 is 0 Å². The van der Waals surface area contributed by atoms with Gasteiger partial charge in [-0.15, -0.1) is 0 Å². The van der Waals surface area contributed by atoms with Crippen LogP contribution in [0.1, 0.15) is 46.5 Å². The van der Waals surface area contributed by atoms with Gasteiger partial charge in [0.2, 0.25) is 0 Å². The fourth-order valence-electron chi connectivity index (χ4n) is 1.20. The number of hydrogen-bond acceptors (Lipinski definition) is 1. The largest absolute Gasteiger partial charge is 0.299 e. The standard InChI is InChI=1S/C13H22O/c1-13(2,3)11-9-7-5-4-6-8-10-12-14/h4,6,8,10,12H,5,7,9,11H2,1-3H3. The molecule has 0 spiro atoms. The molecule has 0 aromatic carbocycles. The van der Waals surface area contributed by atoms with Crippen LogP contribution in [0.2, 0.25) is 0 Å². The third-order valence-electron chi connectivity index (χ3n) is 1.98. The van der Waals surface area contributed by atoms with Crippen molar-refractivity contribution in [3.63, 3.8) is 0 Å². The molecule has 0 atom stereocenters. The lowest BCUT2D eigenvalue weighted by Crippen LogP contribution is -2.03. The first-order valence-corrected chi connectivity index (χ1v) is 5.33. The minimum atomic E-state index is 0.459. The van der Waals surface area contributed by atoms with Crippen molar-refractivity contribution in [3.05, 3.63) is 24.3 Å². The first-order valence-electron chi connectivity index (χ1n) is 5.33. The van der Waals surface area contributed by atoms with E-state index in [-0.39, 0.29) is 0 Å². The Bertz CT molecular complexity index is 194. The minimum Gasteiger partial charge on any atom is -0.299 e. The second-order valence-corrected chi connectivity index (χ2v) is 4.76. The molecular weight excluding hydrogens is 172 g/mol. The lowest BCUT2D eigenvalue weighted by atomic mass is 9.89. The molecule has 0 aliphatic rings. The molecule has 0 aromatic heterocycles. The summed E-state index contributed by atoms with van der Waals surface area (Å²) < 4.78 is 0. The summed E-state index contributed by atoms with van der Waals surface area (Å²) in [6.07, 6.45) is 13.0. The van der Waals surface area contributed by atoms with Gasteiger partial charge in [0.05, 0.1) is 0 Å². The zero-order valence-corrected chi connectivity index (χ0v) is 9.62. The molecule has 0 radical (unpaired) electrons. The van der Waals surface area contributed by atoms with E-state index in [1.807, 2.05) is 6.08 Å². The second-order valence-electron chi connectivity index (χ2n) is 4.76. The third-order valence-corrected chi connectivity index (χ3v) is 1.98. The van der Waals surface area contributed by atoms with Crippen LogP contribution in [0.5, 0.6) is 0 Å². The summed E-state index contributed by atoms with van der Waals surface area (Å²) >= 11 is 0. The Balaban J connectivity index is 3.34. The lowest BCUT2D eigenvalue weighted by Gasteiger charge is -2.16. The van der Waals surface area contributed by atoms with Crippen LogP contribution in [0, 0.1) is 5.41 Å². The molecule has 0 unspecified atom stereocenters. The molecule has 0 amide bonds. The zero-order valence-electron chi connectivity index (χ0n) is 9.62. The Kier molecular flexibility index (Phi) is 7.09. The quantitative estimate of drug-likeness (QED) is 0.271. The van der Waals surface area contributed by atoms with Crippen molar-refractivity contribution >= 4 is 6.29 Å². The molecule has 0 heterocycles. The van der Waals surface area contributed by atoms with Gasteiger partial charge in [0.15, 0.2) is 0 Å². The van der Waals surface area contributed by atoms with Crippen LogP contribution in [0.3, 0.4) is 0 Å². The van der Waals surface area contributed by atoms with Crippen LogP contribution in [-0.2, 0) is 4.79 Å². The maximum Gasteiger partial charge on any atom is 0.142 e. The van der Waals surface area contributed by atoms with Gasteiger partial charge in [0.1, 0.15) is 6.29 Å². The maximum absolute atomic E-state index is 9.93. The average molecular weight is 194 g/mol. The van der Waals surface area contributed by atoms with E-state index in [4.69, 9.17) is 0 Å². The van der Waals surface area contributed by atoms with Crippen molar-refractivity contribution in [2.24, 2.45) is 5.41 Å². The van der Waals surface area contributed by atoms with E-state index in [2.05, 4.69) is 26.8 Å². The number of hydrogen-bond donors (Lipinski definition) is 0. The Morgan fingerprint density at radius 1 is 1.00 bits per heavy atom. The molecule has 1 heteroatoms. The van der Waals surface area contributed by atoms with Crippen molar-refractivity contribution < 1.29 is 4.79 Å². The minimum absolute atomic E-state index is 0.459. The predicted molar refractivity (Wildman–Crippen MR) is 62.3 cm³/mol. The van der Waals surface area contributed by atoms with E-state index in [1.54, 1.807) is 6.08 Å². The van der Waals surface area contributed by atoms with Gasteiger partial charge >= 0.3 is 0 Å². The molecule has 1 nitrogen and oxygen atoms in total. The summed E-state index contributed by atoms with van der Waals surface area (Å²) in [7, 11) is 0. The predicted octanol–water partition coefficient (Wildman–Crippen LogP) is 3.90. The molecule has 0 rings (SSSR count). The smallest absolute Gasteiger partial charge is 0.142 e. The summed E-state index contributed by atoms with van der Waals surface area (Å²) in [5, 5.41) is 0. The van der Waals surface area contributed by atoms with Gasteiger partial charge in [-0.25, -0.2) is 0 Å². The first-order chi connectivity index (χ1) is 6.56. The number of allylic oxidation sites excluding steroid dienone is 4. The number of aldehydes is 1. The number of rotatable bonds is 6. The van der Waals surface area contributed by atoms with E-state index in [0.717, 1.165) is 12.7 Å². The number of unbranched alkanes of at least 4 members (excludes halogenated alkanes) is 2. The van der Waals surface area contributed by atoms with Crippen molar-refractivity contribution in [2.45, 2.75) is 46.5 Å². The van der Waals surface area contributed by atoms with Crippen LogP contribution in [0.15, 0.2) is 24.3 Å². The Labute approximate surface area is 87.9 Å². The first kappa shape index (κ1) is 13.2. The molecule has 0 bridgehead atoms. The highest BCUT2D eigenvalue weighted by molar-refractivity contribution is 5.65. The lowest BCUT2D eigenvalue weighted by molar-refractivity contribution is -0.104. The van der Waals surface area contributed by atoms with Crippen molar-refractivity contribution in [1.82, 2.24) is 0 Å². The Morgan fingerprint density at radius 3 is 2.29 bits per heavy atom. The molecule has 0 fully saturated rings. The number of carbonyl (C=O) groups is 1. The average Bonchev–Trinajstić information content (AvgIpc) is 2.08. The van der Waals surface area contributed by atoms with Crippen LogP contribution in [0.4, 0.5) is 0 Å². The molecular formula is C13H22O. The van der Waals surface area contributed by atoms with Gasteiger partial charge in [0, 0.05) is 0 Å². The summed E-state index contributed by atoms with van der Waals surface area (Å²) in [4.78, 5) is 9.93. The van der Waals surface area contributed by atoms with E-state index in [1.165, 1.54) is 25.3 Å². The zero-order chi connectivity index (χ0) is 10.9. The Hall–Kier alpha value is -0.850. The SMILES string of the molecule is CC(C)(C)CCCCC=CC=CC=O. The highest BCUT2D eigenvalue weighted by Gasteiger charge is 2.07. The van der Waals surface area contributed by atoms with Gasteiger partial charge in [-0.1, -0.05) is 45.4 Å². The van der Waals surface area contributed by atoms with E-state index >= 15 is 0 Å². The van der Waals surface area contributed by atoms with Gasteiger partial charge in [-0.3, -0.25) is 4.79 Å². The van der Waals surface area contributed by atoms with Crippen LogP contribution in [0.25, 0.3) is 0 Å². The maximum atomic E-state index is 9.93. The molecule has 80 valence electrons. The fourth-order valence-corrected chi connectivity index (χ4v) is 1.20. The molecule has 0 saturated carbocycles. The number of carbonyl (C=O) groups excluding carboxylic acids is 1. The van der Waals surface area contributed by atoms with Gasteiger partial charge < -0.3 is 0 Å². The third kappa shape index (κ3) is 11.2. The normalized spacial score (nSPS) is 12.8. The molecule has 0 aliphatic heterocycles. The fraction of sp³-hybridized carbons (Fsp3) is 0.615. The van der Waals surface area contributed by atoms with Crippen molar-refractivity contribution in [2.75, 3.05) is 0 Å². The Morgan fingerprint density at radius 2 is 1.71 bits per heavy atom. The highest BCUT2D eigenvalue weighted by Crippen LogP contribution is 2.21. The molecule has 0 saturated heterocycles. The van der Waals surface area contributed by atoms with Gasteiger partial charge in [-0.05, 0) is 30.8 Å².